The number of nitrogens with zero attached hydrogens (tertiary/aromatic N) is 2. The van der Waals surface area contributed by atoms with Gasteiger partial charge in [0, 0.05) is 34.3 Å². The van der Waals surface area contributed by atoms with Crippen LogP contribution in [0.2, 0.25) is 0 Å². The molecule has 2 heterocycles. The summed E-state index contributed by atoms with van der Waals surface area (Å²) in [7, 11) is 0. The SMILES string of the molecule is Cc1[nH]c2cccc(C(N)=O)c2c1-c1ncc(N)c(NCc2ccccc2)n1. The zero-order valence-corrected chi connectivity index (χ0v) is 15.4. The minimum absolute atomic E-state index is 0.427. The number of aromatic amines is 1. The maximum absolute atomic E-state index is 11.9. The predicted octanol–water partition coefficient (Wildman–Crippen LogP) is 3.23. The molecule has 0 radical (unpaired) electrons. The number of anilines is 2. The van der Waals surface area contributed by atoms with E-state index >= 15 is 0 Å². The first-order valence-electron chi connectivity index (χ1n) is 8.86. The van der Waals surface area contributed by atoms with Gasteiger partial charge in [-0.15, -0.1) is 0 Å². The molecule has 0 saturated heterocycles. The number of nitrogens with two attached hydrogens (primary N) is 2. The van der Waals surface area contributed by atoms with Crippen LogP contribution in [-0.2, 0) is 6.54 Å². The number of carbonyl (C=O) groups is 1. The number of carbonyl (C=O) groups excluding carboxylic acids is 1. The zero-order chi connectivity index (χ0) is 19.7. The number of primary amides is 1. The molecule has 0 spiro atoms. The van der Waals surface area contributed by atoms with Gasteiger partial charge in [-0.3, -0.25) is 4.79 Å². The number of nitrogen functional groups attached to an aromatic ring is 1. The third-order valence-corrected chi connectivity index (χ3v) is 4.62. The highest BCUT2D eigenvalue weighted by atomic mass is 16.1. The van der Waals surface area contributed by atoms with E-state index in [0.29, 0.717) is 34.8 Å². The van der Waals surface area contributed by atoms with Gasteiger partial charge < -0.3 is 21.8 Å². The van der Waals surface area contributed by atoms with Crippen LogP contribution in [0, 0.1) is 6.92 Å². The van der Waals surface area contributed by atoms with E-state index in [4.69, 9.17) is 11.5 Å². The number of nitrogens with one attached hydrogen (secondary N) is 2. The second kappa shape index (κ2) is 7.03. The number of aromatic nitrogens is 3. The number of hydrogen-bond donors (Lipinski definition) is 4. The molecule has 0 aliphatic carbocycles. The lowest BCUT2D eigenvalue weighted by molar-refractivity contribution is 0.100. The van der Waals surface area contributed by atoms with Crippen LogP contribution in [0.3, 0.4) is 0 Å². The Morgan fingerprint density at radius 1 is 1.14 bits per heavy atom. The molecule has 0 aliphatic heterocycles. The van der Waals surface area contributed by atoms with Gasteiger partial charge >= 0.3 is 0 Å². The van der Waals surface area contributed by atoms with Gasteiger partial charge in [-0.05, 0) is 24.6 Å². The van der Waals surface area contributed by atoms with Crippen molar-refractivity contribution in [2.24, 2.45) is 5.73 Å². The molecule has 7 nitrogen and oxygen atoms in total. The smallest absolute Gasteiger partial charge is 0.249 e. The topological polar surface area (TPSA) is 123 Å². The first kappa shape index (κ1) is 17.5. The highest BCUT2D eigenvalue weighted by Gasteiger charge is 2.19. The van der Waals surface area contributed by atoms with E-state index in [1.807, 2.05) is 43.3 Å². The fourth-order valence-corrected chi connectivity index (χ4v) is 3.30. The number of hydrogen-bond acceptors (Lipinski definition) is 5. The molecule has 0 fully saturated rings. The summed E-state index contributed by atoms with van der Waals surface area (Å²) in [5.74, 6) is 0.519. The average Bonchev–Trinajstić information content (AvgIpc) is 3.04. The number of rotatable bonds is 5. The second-order valence-corrected chi connectivity index (χ2v) is 6.55. The molecular formula is C21H20N6O. The van der Waals surface area contributed by atoms with Crippen LogP contribution >= 0.6 is 0 Å². The molecule has 0 aliphatic rings. The summed E-state index contributed by atoms with van der Waals surface area (Å²) < 4.78 is 0. The van der Waals surface area contributed by atoms with Crippen molar-refractivity contribution in [1.82, 2.24) is 15.0 Å². The third-order valence-electron chi connectivity index (χ3n) is 4.62. The molecule has 0 bridgehead atoms. The summed E-state index contributed by atoms with van der Waals surface area (Å²) in [6.07, 6.45) is 1.57. The van der Waals surface area contributed by atoms with Gasteiger partial charge in [0.1, 0.15) is 0 Å². The van der Waals surface area contributed by atoms with Crippen LogP contribution in [0.4, 0.5) is 11.5 Å². The Hall–Kier alpha value is -3.87. The lowest BCUT2D eigenvalue weighted by atomic mass is 10.0. The average molecular weight is 372 g/mol. The minimum atomic E-state index is -0.497. The number of aryl methyl sites for hydroxylation is 1. The molecule has 6 N–H and O–H groups in total. The molecular weight excluding hydrogens is 352 g/mol. The number of fused-ring (bicyclic) bond motifs is 1. The Morgan fingerprint density at radius 2 is 1.93 bits per heavy atom. The molecule has 2 aromatic carbocycles. The fourth-order valence-electron chi connectivity index (χ4n) is 3.30. The van der Waals surface area contributed by atoms with Gasteiger partial charge in [-0.25, -0.2) is 9.97 Å². The molecule has 1 amide bonds. The molecule has 0 saturated carbocycles. The first-order chi connectivity index (χ1) is 13.5. The lowest BCUT2D eigenvalue weighted by Crippen LogP contribution is -2.11. The maximum atomic E-state index is 11.9. The van der Waals surface area contributed by atoms with Crippen LogP contribution in [0.5, 0.6) is 0 Å². The Labute approximate surface area is 161 Å². The Bertz CT molecular complexity index is 1170. The van der Waals surface area contributed by atoms with Crippen molar-refractivity contribution < 1.29 is 4.79 Å². The third kappa shape index (κ3) is 3.14. The van der Waals surface area contributed by atoms with E-state index in [1.54, 1.807) is 18.3 Å². The summed E-state index contributed by atoms with van der Waals surface area (Å²) >= 11 is 0. The molecule has 7 heteroatoms. The van der Waals surface area contributed by atoms with E-state index in [9.17, 15) is 4.79 Å². The number of amides is 1. The quantitative estimate of drug-likeness (QED) is 0.428. The molecule has 0 unspecified atom stereocenters. The summed E-state index contributed by atoms with van der Waals surface area (Å²) in [6.45, 7) is 2.50. The van der Waals surface area contributed by atoms with Gasteiger partial charge in [-0.2, -0.15) is 0 Å². The van der Waals surface area contributed by atoms with Crippen molar-refractivity contribution in [1.29, 1.82) is 0 Å². The standard InChI is InChI=1S/C21H20N6O/c1-12-17(18-14(19(23)28)8-5-9-16(18)26-12)21-25-11-15(22)20(27-21)24-10-13-6-3-2-4-7-13/h2-9,11,26H,10,22H2,1H3,(H2,23,28)(H,24,25,27). The van der Waals surface area contributed by atoms with Gasteiger partial charge in [0.2, 0.25) is 5.91 Å². The zero-order valence-electron chi connectivity index (χ0n) is 15.4. The summed E-state index contributed by atoms with van der Waals surface area (Å²) in [5, 5.41) is 3.97. The largest absolute Gasteiger partial charge is 0.394 e. The lowest BCUT2D eigenvalue weighted by Gasteiger charge is -2.10. The normalized spacial score (nSPS) is 10.9. The second-order valence-electron chi connectivity index (χ2n) is 6.55. The number of H-pyrrole nitrogens is 1. The predicted molar refractivity (Wildman–Crippen MR) is 111 cm³/mol. The van der Waals surface area contributed by atoms with Crippen LogP contribution < -0.4 is 16.8 Å². The van der Waals surface area contributed by atoms with Crippen molar-refractivity contribution in [2.45, 2.75) is 13.5 Å². The van der Waals surface area contributed by atoms with E-state index in [1.165, 1.54) is 0 Å². The minimum Gasteiger partial charge on any atom is -0.394 e. The Kier molecular flexibility index (Phi) is 4.41. The van der Waals surface area contributed by atoms with Crippen molar-refractivity contribution in [3.8, 4) is 11.4 Å². The first-order valence-corrected chi connectivity index (χ1v) is 8.86. The molecule has 140 valence electrons. The van der Waals surface area contributed by atoms with E-state index in [0.717, 1.165) is 22.3 Å². The van der Waals surface area contributed by atoms with E-state index in [2.05, 4.69) is 20.3 Å². The molecule has 28 heavy (non-hydrogen) atoms. The summed E-state index contributed by atoms with van der Waals surface area (Å²) in [5.41, 5.74) is 16.0. The highest BCUT2D eigenvalue weighted by Crippen LogP contribution is 2.33. The van der Waals surface area contributed by atoms with Crippen molar-refractivity contribution in [3.63, 3.8) is 0 Å². The summed E-state index contributed by atoms with van der Waals surface area (Å²) in [6, 6.07) is 15.4. The van der Waals surface area contributed by atoms with Crippen molar-refractivity contribution >= 4 is 28.3 Å². The van der Waals surface area contributed by atoms with Gasteiger partial charge in [-0.1, -0.05) is 36.4 Å². The summed E-state index contributed by atoms with van der Waals surface area (Å²) in [4.78, 5) is 24.2. The van der Waals surface area contributed by atoms with Crippen molar-refractivity contribution in [2.75, 3.05) is 11.1 Å². The maximum Gasteiger partial charge on any atom is 0.249 e. The van der Waals surface area contributed by atoms with Crippen molar-refractivity contribution in [3.05, 3.63) is 71.5 Å². The van der Waals surface area contributed by atoms with E-state index in [-0.39, 0.29) is 0 Å². The molecule has 2 aromatic heterocycles. The van der Waals surface area contributed by atoms with Crippen LogP contribution in [0.25, 0.3) is 22.3 Å². The fraction of sp³-hybridized carbons (Fsp3) is 0.0952. The molecule has 4 rings (SSSR count). The van der Waals surface area contributed by atoms with Gasteiger partial charge in [0.15, 0.2) is 11.6 Å². The number of benzene rings is 2. The highest BCUT2D eigenvalue weighted by molar-refractivity contribution is 6.11. The van der Waals surface area contributed by atoms with Crippen LogP contribution in [0.1, 0.15) is 21.6 Å². The van der Waals surface area contributed by atoms with Crippen LogP contribution in [0.15, 0.2) is 54.7 Å². The van der Waals surface area contributed by atoms with Crippen LogP contribution in [-0.4, -0.2) is 20.9 Å². The van der Waals surface area contributed by atoms with E-state index < -0.39 is 5.91 Å². The molecule has 4 aromatic rings. The monoisotopic (exact) mass is 372 g/mol. The Balaban J connectivity index is 1.78. The molecule has 0 atom stereocenters. The van der Waals surface area contributed by atoms with Gasteiger partial charge in [0.25, 0.3) is 0 Å². The van der Waals surface area contributed by atoms with Gasteiger partial charge in [0.05, 0.1) is 11.9 Å². The Morgan fingerprint density at radius 3 is 2.68 bits per heavy atom.